The molecule has 7 nitrogen and oxygen atoms in total. The summed E-state index contributed by atoms with van der Waals surface area (Å²) < 4.78 is 11.2. The molecular weight excluding hydrogens is 308 g/mol. The number of guanidine groups is 1. The van der Waals surface area contributed by atoms with Gasteiger partial charge in [-0.25, -0.2) is 0 Å². The third-order valence-electron chi connectivity index (χ3n) is 4.60. The fraction of sp³-hybridized carbons (Fsp3) is 0.882. The number of hydrogen-bond acceptors (Lipinski definition) is 4. The molecule has 0 aromatic rings. The first-order valence-corrected chi connectivity index (χ1v) is 9.12. The number of rotatable bonds is 8. The Morgan fingerprint density at radius 3 is 3.00 bits per heavy atom. The van der Waals surface area contributed by atoms with Crippen LogP contribution in [0.15, 0.2) is 4.99 Å². The second-order valence-corrected chi connectivity index (χ2v) is 6.66. The predicted molar refractivity (Wildman–Crippen MR) is 93.9 cm³/mol. The molecule has 1 amide bonds. The van der Waals surface area contributed by atoms with Crippen LogP contribution in [0.4, 0.5) is 0 Å². The van der Waals surface area contributed by atoms with E-state index < -0.39 is 0 Å². The van der Waals surface area contributed by atoms with E-state index in [1.165, 1.54) is 0 Å². The Bertz CT molecular complexity index is 411. The summed E-state index contributed by atoms with van der Waals surface area (Å²) in [6.45, 7) is 4.96. The number of nitrogens with zero attached hydrogens (tertiary/aromatic N) is 2. The molecule has 0 bridgehead atoms. The lowest BCUT2D eigenvalue weighted by atomic mass is 9.95. The number of aliphatic imine (C=N–C) groups is 1. The number of piperidine rings is 1. The molecule has 0 aliphatic carbocycles. The van der Waals surface area contributed by atoms with Gasteiger partial charge in [-0.05, 0) is 38.0 Å². The zero-order valence-electron chi connectivity index (χ0n) is 14.8. The smallest absolute Gasteiger partial charge is 0.217 e. The molecule has 2 fully saturated rings. The van der Waals surface area contributed by atoms with Crippen LogP contribution < -0.4 is 11.1 Å². The first-order chi connectivity index (χ1) is 11.7. The number of amides is 1. The van der Waals surface area contributed by atoms with Crippen LogP contribution in [0, 0.1) is 5.92 Å². The zero-order chi connectivity index (χ0) is 17.2. The lowest BCUT2D eigenvalue weighted by Crippen LogP contribution is -2.47. The minimum Gasteiger partial charge on any atom is -0.379 e. The van der Waals surface area contributed by atoms with Crippen LogP contribution >= 0.6 is 0 Å². The fourth-order valence-corrected chi connectivity index (χ4v) is 3.41. The molecule has 2 atom stereocenters. The van der Waals surface area contributed by atoms with E-state index in [2.05, 4.69) is 15.2 Å². The normalized spacial score (nSPS) is 25.0. The zero-order valence-corrected chi connectivity index (χ0v) is 14.8. The molecule has 2 rings (SSSR count). The van der Waals surface area contributed by atoms with Crippen molar-refractivity contribution in [1.82, 2.24) is 10.2 Å². The Labute approximate surface area is 145 Å². The van der Waals surface area contributed by atoms with E-state index in [1.807, 2.05) is 0 Å². The molecule has 2 aliphatic heterocycles. The number of hydrogen-bond donors (Lipinski definition) is 2. The summed E-state index contributed by atoms with van der Waals surface area (Å²) in [6.07, 6.45) is 6.09. The standard InChI is InChI=1S/C17H32N4O3/c1-19-17(21-8-2-5-14(12-21)11-16(18)22)20-7-4-9-23-13-15-6-3-10-24-15/h14-15H,2-13H2,1H3,(H2,18,22)(H,19,20). The quantitative estimate of drug-likeness (QED) is 0.386. The summed E-state index contributed by atoms with van der Waals surface area (Å²) in [6, 6.07) is 0. The van der Waals surface area contributed by atoms with Crippen LogP contribution in [0.1, 0.15) is 38.5 Å². The Balaban J connectivity index is 1.60. The maximum Gasteiger partial charge on any atom is 0.217 e. The maximum atomic E-state index is 11.1. The molecule has 24 heavy (non-hydrogen) atoms. The van der Waals surface area contributed by atoms with E-state index in [0.717, 1.165) is 70.9 Å². The highest BCUT2D eigenvalue weighted by Gasteiger charge is 2.23. The minimum absolute atomic E-state index is 0.215. The molecule has 2 saturated heterocycles. The number of carbonyl (C=O) groups is 1. The predicted octanol–water partition coefficient (Wildman–Crippen LogP) is 0.735. The van der Waals surface area contributed by atoms with Crippen molar-refractivity contribution in [2.24, 2.45) is 16.6 Å². The lowest BCUT2D eigenvalue weighted by molar-refractivity contribution is -0.119. The molecule has 0 aromatic heterocycles. The van der Waals surface area contributed by atoms with E-state index in [4.69, 9.17) is 15.2 Å². The third-order valence-corrected chi connectivity index (χ3v) is 4.60. The largest absolute Gasteiger partial charge is 0.379 e. The number of carbonyl (C=O) groups excluding carboxylic acids is 1. The molecule has 138 valence electrons. The molecule has 0 saturated carbocycles. The van der Waals surface area contributed by atoms with Gasteiger partial charge in [0.25, 0.3) is 0 Å². The van der Waals surface area contributed by atoms with Crippen molar-refractivity contribution in [2.75, 3.05) is 46.5 Å². The summed E-state index contributed by atoms with van der Waals surface area (Å²) in [7, 11) is 1.80. The summed E-state index contributed by atoms with van der Waals surface area (Å²) >= 11 is 0. The van der Waals surface area contributed by atoms with Crippen molar-refractivity contribution in [3.05, 3.63) is 0 Å². The van der Waals surface area contributed by atoms with Gasteiger partial charge in [0.05, 0.1) is 12.7 Å². The van der Waals surface area contributed by atoms with Gasteiger partial charge < -0.3 is 25.4 Å². The first kappa shape index (κ1) is 19.0. The third kappa shape index (κ3) is 6.65. The Morgan fingerprint density at radius 2 is 2.29 bits per heavy atom. The highest BCUT2D eigenvalue weighted by Crippen LogP contribution is 2.19. The number of primary amides is 1. The molecule has 2 unspecified atom stereocenters. The van der Waals surface area contributed by atoms with Gasteiger partial charge in [0.2, 0.25) is 5.91 Å². The van der Waals surface area contributed by atoms with E-state index in [1.54, 1.807) is 7.05 Å². The number of ether oxygens (including phenoxy) is 2. The Kier molecular flexibility index (Phi) is 8.32. The maximum absolute atomic E-state index is 11.1. The van der Waals surface area contributed by atoms with E-state index >= 15 is 0 Å². The van der Waals surface area contributed by atoms with Crippen molar-refractivity contribution in [2.45, 2.75) is 44.6 Å². The van der Waals surface area contributed by atoms with Crippen LogP contribution in [0.3, 0.4) is 0 Å². The van der Waals surface area contributed by atoms with Crippen molar-refractivity contribution < 1.29 is 14.3 Å². The fourth-order valence-electron chi connectivity index (χ4n) is 3.41. The van der Waals surface area contributed by atoms with Crippen molar-refractivity contribution in [3.63, 3.8) is 0 Å². The first-order valence-electron chi connectivity index (χ1n) is 9.12. The summed E-state index contributed by atoms with van der Waals surface area (Å²) in [5.74, 6) is 1.03. The summed E-state index contributed by atoms with van der Waals surface area (Å²) in [5.41, 5.74) is 5.32. The van der Waals surface area contributed by atoms with Gasteiger partial charge in [-0.15, -0.1) is 0 Å². The van der Waals surface area contributed by atoms with Gasteiger partial charge in [0, 0.05) is 46.3 Å². The lowest BCUT2D eigenvalue weighted by Gasteiger charge is -2.34. The Morgan fingerprint density at radius 1 is 1.42 bits per heavy atom. The number of likely N-dealkylation sites (tertiary alicyclic amines) is 1. The van der Waals surface area contributed by atoms with Crippen molar-refractivity contribution >= 4 is 11.9 Å². The van der Waals surface area contributed by atoms with Crippen LogP contribution in [0.5, 0.6) is 0 Å². The van der Waals surface area contributed by atoms with Gasteiger partial charge in [0.15, 0.2) is 5.96 Å². The van der Waals surface area contributed by atoms with Crippen LogP contribution in [0.25, 0.3) is 0 Å². The Hall–Kier alpha value is -1.34. The van der Waals surface area contributed by atoms with Crippen LogP contribution in [-0.2, 0) is 14.3 Å². The second kappa shape index (κ2) is 10.5. The van der Waals surface area contributed by atoms with E-state index in [0.29, 0.717) is 25.0 Å². The molecule has 2 heterocycles. The van der Waals surface area contributed by atoms with Gasteiger partial charge in [0.1, 0.15) is 0 Å². The number of nitrogens with one attached hydrogen (secondary N) is 1. The van der Waals surface area contributed by atoms with Crippen LogP contribution in [0.2, 0.25) is 0 Å². The topological polar surface area (TPSA) is 89.2 Å². The molecule has 0 spiro atoms. The monoisotopic (exact) mass is 340 g/mol. The van der Waals surface area contributed by atoms with Crippen LogP contribution in [-0.4, -0.2) is 69.4 Å². The molecule has 2 aliphatic rings. The average molecular weight is 340 g/mol. The molecule has 3 N–H and O–H groups in total. The van der Waals surface area contributed by atoms with Gasteiger partial charge in [-0.1, -0.05) is 0 Å². The van der Waals surface area contributed by atoms with E-state index in [-0.39, 0.29) is 5.91 Å². The van der Waals surface area contributed by atoms with Gasteiger partial charge >= 0.3 is 0 Å². The highest BCUT2D eigenvalue weighted by molar-refractivity contribution is 5.80. The van der Waals surface area contributed by atoms with Gasteiger partial charge in [-0.2, -0.15) is 0 Å². The van der Waals surface area contributed by atoms with Gasteiger partial charge in [-0.3, -0.25) is 9.79 Å². The SMILES string of the molecule is CN=C(NCCCOCC1CCCO1)N1CCCC(CC(N)=O)C1. The van der Waals surface area contributed by atoms with Crippen molar-refractivity contribution in [1.29, 1.82) is 0 Å². The molecule has 0 radical (unpaired) electrons. The molecular formula is C17H32N4O3. The molecule has 0 aromatic carbocycles. The summed E-state index contributed by atoms with van der Waals surface area (Å²) in [5, 5.41) is 3.39. The minimum atomic E-state index is -0.215. The number of nitrogens with two attached hydrogens (primary N) is 1. The second-order valence-electron chi connectivity index (χ2n) is 6.66. The summed E-state index contributed by atoms with van der Waals surface area (Å²) in [4.78, 5) is 17.7. The molecule has 7 heteroatoms. The van der Waals surface area contributed by atoms with Crippen molar-refractivity contribution in [3.8, 4) is 0 Å². The van der Waals surface area contributed by atoms with E-state index in [9.17, 15) is 4.79 Å². The average Bonchev–Trinajstić information content (AvgIpc) is 3.07. The highest BCUT2D eigenvalue weighted by atomic mass is 16.5.